The number of anilines is 2. The van der Waals surface area contributed by atoms with Crippen molar-refractivity contribution in [2.24, 2.45) is 0 Å². The van der Waals surface area contributed by atoms with E-state index in [0.717, 1.165) is 20.2 Å². The molecule has 0 aliphatic rings. The second-order valence-corrected chi connectivity index (χ2v) is 5.14. The first kappa shape index (κ1) is 11.5. The Kier molecular flexibility index (Phi) is 3.56. The van der Waals surface area contributed by atoms with Gasteiger partial charge in [-0.2, -0.15) is 0 Å². The Bertz CT molecular complexity index is 497. The third kappa shape index (κ3) is 2.80. The molecular weight excluding hydrogens is 334 g/mol. The Morgan fingerprint density at radius 3 is 2.44 bits per heavy atom. The Labute approximate surface area is 111 Å². The predicted molar refractivity (Wildman–Crippen MR) is 71.9 cm³/mol. The van der Waals surface area contributed by atoms with Crippen molar-refractivity contribution in [3.05, 3.63) is 45.1 Å². The molecule has 0 aliphatic heterocycles. The van der Waals surface area contributed by atoms with E-state index >= 15 is 0 Å². The molecule has 82 valence electrons. The molecule has 0 saturated carbocycles. The molecule has 0 radical (unpaired) electrons. The lowest BCUT2D eigenvalue weighted by Gasteiger charge is -2.08. The summed E-state index contributed by atoms with van der Waals surface area (Å²) in [4.78, 5) is 8.32. The summed E-state index contributed by atoms with van der Waals surface area (Å²) in [5.74, 6) is 0.587. The molecule has 1 N–H and O–H groups in total. The molecule has 2 rings (SSSR count). The fraction of sp³-hybridized carbons (Fsp3) is 0.0909. The molecule has 5 heteroatoms. The van der Waals surface area contributed by atoms with Crippen molar-refractivity contribution in [1.82, 2.24) is 9.97 Å². The quantitative estimate of drug-likeness (QED) is 0.894. The molecule has 0 aliphatic carbocycles. The van der Waals surface area contributed by atoms with Gasteiger partial charge in [0.1, 0.15) is 0 Å². The normalized spacial score (nSPS) is 10.2. The minimum absolute atomic E-state index is 0.587. The van der Waals surface area contributed by atoms with E-state index < -0.39 is 0 Å². The van der Waals surface area contributed by atoms with Gasteiger partial charge in [0.2, 0.25) is 5.95 Å². The van der Waals surface area contributed by atoms with E-state index in [1.54, 1.807) is 12.4 Å². The summed E-state index contributed by atoms with van der Waals surface area (Å²) in [5.41, 5.74) is 2.14. The van der Waals surface area contributed by atoms with Gasteiger partial charge in [-0.3, -0.25) is 0 Å². The monoisotopic (exact) mass is 341 g/mol. The van der Waals surface area contributed by atoms with Gasteiger partial charge in [0.25, 0.3) is 0 Å². The van der Waals surface area contributed by atoms with Crippen LogP contribution >= 0.6 is 31.9 Å². The van der Waals surface area contributed by atoms with Crippen LogP contribution in [0.3, 0.4) is 0 Å². The van der Waals surface area contributed by atoms with E-state index in [9.17, 15) is 0 Å². The Morgan fingerprint density at radius 1 is 1.06 bits per heavy atom. The van der Waals surface area contributed by atoms with E-state index in [0.29, 0.717) is 5.95 Å². The second-order valence-electron chi connectivity index (χ2n) is 3.31. The van der Waals surface area contributed by atoms with Gasteiger partial charge < -0.3 is 5.32 Å². The fourth-order valence-corrected chi connectivity index (χ4v) is 1.79. The van der Waals surface area contributed by atoms with Gasteiger partial charge in [-0.05, 0) is 40.5 Å². The van der Waals surface area contributed by atoms with Crippen LogP contribution in [0.4, 0.5) is 11.6 Å². The average Bonchev–Trinajstić information content (AvgIpc) is 2.27. The van der Waals surface area contributed by atoms with E-state index in [2.05, 4.69) is 47.1 Å². The highest BCUT2D eigenvalue weighted by Gasteiger charge is 2.01. The van der Waals surface area contributed by atoms with E-state index in [-0.39, 0.29) is 0 Å². The summed E-state index contributed by atoms with van der Waals surface area (Å²) in [6.07, 6.45) is 3.42. The van der Waals surface area contributed by atoms with Crippen molar-refractivity contribution in [3.8, 4) is 0 Å². The molecule has 3 nitrogen and oxygen atoms in total. The minimum Gasteiger partial charge on any atom is -0.324 e. The number of rotatable bonds is 2. The molecule has 0 bridgehead atoms. The zero-order valence-corrected chi connectivity index (χ0v) is 11.7. The summed E-state index contributed by atoms with van der Waals surface area (Å²) in [6.45, 7) is 2.04. The number of nitrogens with zero attached hydrogens (tertiary/aromatic N) is 2. The second kappa shape index (κ2) is 4.93. The fourth-order valence-electron chi connectivity index (χ4n) is 1.23. The third-order valence-corrected chi connectivity index (χ3v) is 2.97. The van der Waals surface area contributed by atoms with Crippen LogP contribution in [0.1, 0.15) is 5.56 Å². The number of hydrogen-bond donors (Lipinski definition) is 1. The lowest BCUT2D eigenvalue weighted by atomic mass is 10.2. The molecule has 0 amide bonds. The number of nitrogens with one attached hydrogen (secondary N) is 1. The molecule has 1 heterocycles. The van der Waals surface area contributed by atoms with E-state index in [1.807, 2.05) is 25.1 Å². The minimum atomic E-state index is 0.587. The molecule has 0 spiro atoms. The molecule has 1 aromatic heterocycles. The SMILES string of the molecule is Cc1ccc(Br)cc1Nc1ncc(Br)cn1. The average molecular weight is 343 g/mol. The predicted octanol–water partition coefficient (Wildman–Crippen LogP) is 4.05. The Hall–Kier alpha value is -0.940. The number of halogens is 2. The maximum atomic E-state index is 4.16. The summed E-state index contributed by atoms with van der Waals surface area (Å²) >= 11 is 6.73. The molecule has 2 aromatic rings. The molecule has 0 atom stereocenters. The zero-order valence-electron chi connectivity index (χ0n) is 8.54. The Balaban J connectivity index is 2.26. The van der Waals surface area contributed by atoms with Gasteiger partial charge in [-0.25, -0.2) is 9.97 Å². The largest absolute Gasteiger partial charge is 0.324 e. The van der Waals surface area contributed by atoms with Crippen molar-refractivity contribution in [2.75, 3.05) is 5.32 Å². The summed E-state index contributed by atoms with van der Waals surface area (Å²) < 4.78 is 1.89. The van der Waals surface area contributed by atoms with Crippen LogP contribution in [-0.2, 0) is 0 Å². The first-order valence-corrected chi connectivity index (χ1v) is 6.24. The van der Waals surface area contributed by atoms with Crippen LogP contribution in [0.5, 0.6) is 0 Å². The van der Waals surface area contributed by atoms with Gasteiger partial charge in [0.15, 0.2) is 0 Å². The number of aryl methyl sites for hydroxylation is 1. The topological polar surface area (TPSA) is 37.8 Å². The summed E-state index contributed by atoms with van der Waals surface area (Å²) in [6, 6.07) is 6.04. The van der Waals surface area contributed by atoms with Crippen molar-refractivity contribution in [3.63, 3.8) is 0 Å². The summed E-state index contributed by atoms with van der Waals surface area (Å²) in [5, 5.41) is 3.17. The molecular formula is C11H9Br2N3. The van der Waals surface area contributed by atoms with Crippen LogP contribution in [0.15, 0.2) is 39.5 Å². The summed E-state index contributed by atoms with van der Waals surface area (Å²) in [7, 11) is 0. The smallest absolute Gasteiger partial charge is 0.227 e. The van der Waals surface area contributed by atoms with Gasteiger partial charge in [0, 0.05) is 22.6 Å². The maximum absolute atomic E-state index is 4.16. The highest BCUT2D eigenvalue weighted by atomic mass is 79.9. The van der Waals surface area contributed by atoms with Crippen molar-refractivity contribution in [1.29, 1.82) is 0 Å². The molecule has 0 saturated heterocycles. The first-order chi connectivity index (χ1) is 7.65. The Morgan fingerprint density at radius 2 is 1.75 bits per heavy atom. The highest BCUT2D eigenvalue weighted by Crippen LogP contribution is 2.22. The lowest BCUT2D eigenvalue weighted by molar-refractivity contribution is 1.15. The molecule has 0 unspecified atom stereocenters. The van der Waals surface area contributed by atoms with Crippen LogP contribution in [-0.4, -0.2) is 9.97 Å². The number of benzene rings is 1. The number of hydrogen-bond acceptors (Lipinski definition) is 3. The third-order valence-electron chi connectivity index (χ3n) is 2.07. The van der Waals surface area contributed by atoms with Crippen LogP contribution in [0.2, 0.25) is 0 Å². The maximum Gasteiger partial charge on any atom is 0.227 e. The van der Waals surface area contributed by atoms with Gasteiger partial charge in [0.05, 0.1) is 4.47 Å². The first-order valence-electron chi connectivity index (χ1n) is 4.66. The standard InChI is InChI=1S/C11H9Br2N3/c1-7-2-3-8(12)4-10(7)16-11-14-5-9(13)6-15-11/h2-6H,1H3,(H,14,15,16). The van der Waals surface area contributed by atoms with E-state index in [1.165, 1.54) is 0 Å². The van der Waals surface area contributed by atoms with Crippen LogP contribution < -0.4 is 5.32 Å². The van der Waals surface area contributed by atoms with Crippen molar-refractivity contribution < 1.29 is 0 Å². The van der Waals surface area contributed by atoms with Crippen molar-refractivity contribution in [2.45, 2.75) is 6.92 Å². The van der Waals surface area contributed by atoms with Crippen molar-refractivity contribution >= 4 is 43.5 Å². The molecule has 1 aromatic carbocycles. The highest BCUT2D eigenvalue weighted by molar-refractivity contribution is 9.10. The van der Waals surface area contributed by atoms with Crippen LogP contribution in [0.25, 0.3) is 0 Å². The lowest BCUT2D eigenvalue weighted by Crippen LogP contribution is -1.97. The van der Waals surface area contributed by atoms with Gasteiger partial charge in [-0.15, -0.1) is 0 Å². The van der Waals surface area contributed by atoms with Gasteiger partial charge >= 0.3 is 0 Å². The molecule has 0 fully saturated rings. The van der Waals surface area contributed by atoms with Gasteiger partial charge in [-0.1, -0.05) is 22.0 Å². The van der Waals surface area contributed by atoms with Crippen LogP contribution in [0, 0.1) is 6.92 Å². The zero-order chi connectivity index (χ0) is 11.5. The number of aromatic nitrogens is 2. The van der Waals surface area contributed by atoms with E-state index in [4.69, 9.17) is 0 Å². The molecule has 16 heavy (non-hydrogen) atoms.